The molecular formula is C7H10ClNO2. The fourth-order valence-corrected chi connectivity index (χ4v) is 1.14. The molecule has 1 aliphatic rings. The Labute approximate surface area is 70.6 Å². The van der Waals surface area contributed by atoms with E-state index in [0.717, 1.165) is 0 Å². The van der Waals surface area contributed by atoms with Gasteiger partial charge >= 0.3 is 6.09 Å². The summed E-state index contributed by atoms with van der Waals surface area (Å²) >= 11 is 5.75. The molecule has 1 amide bonds. The summed E-state index contributed by atoms with van der Waals surface area (Å²) in [6, 6.07) is 0. The maximum Gasteiger partial charge on any atom is 0.411 e. The normalized spacial score (nSPS) is 22.4. The van der Waals surface area contributed by atoms with Crippen molar-refractivity contribution in [1.29, 1.82) is 0 Å². The highest BCUT2D eigenvalue weighted by molar-refractivity contribution is 6.22. The molecule has 1 unspecified atom stereocenters. The van der Waals surface area contributed by atoms with Gasteiger partial charge in [0.1, 0.15) is 5.50 Å². The highest BCUT2D eigenvalue weighted by Gasteiger charge is 2.23. The standard InChI is InChI=1S/C7H10ClNO2/c1-2-11-7(10)9-5-3-4-6(9)8/h3-4,6H,2,5H2,1H3. The van der Waals surface area contributed by atoms with Gasteiger partial charge in [0.25, 0.3) is 0 Å². The molecule has 11 heavy (non-hydrogen) atoms. The van der Waals surface area contributed by atoms with Crippen LogP contribution >= 0.6 is 11.6 Å². The molecule has 4 heteroatoms. The van der Waals surface area contributed by atoms with Crippen molar-refractivity contribution < 1.29 is 9.53 Å². The van der Waals surface area contributed by atoms with Crippen LogP contribution in [0.25, 0.3) is 0 Å². The fourth-order valence-electron chi connectivity index (χ4n) is 0.873. The number of amides is 1. The van der Waals surface area contributed by atoms with Gasteiger partial charge < -0.3 is 4.74 Å². The van der Waals surface area contributed by atoms with E-state index in [0.29, 0.717) is 13.2 Å². The van der Waals surface area contributed by atoms with Gasteiger partial charge in [0.05, 0.1) is 6.61 Å². The predicted octanol–water partition coefficient (Wildman–Crippen LogP) is 1.58. The minimum atomic E-state index is -0.350. The van der Waals surface area contributed by atoms with Crippen LogP contribution in [0.1, 0.15) is 6.92 Å². The number of nitrogens with zero attached hydrogens (tertiary/aromatic N) is 1. The molecule has 0 N–H and O–H groups in total. The minimum Gasteiger partial charge on any atom is -0.450 e. The Morgan fingerprint density at radius 1 is 1.91 bits per heavy atom. The van der Waals surface area contributed by atoms with Gasteiger partial charge in [-0.15, -0.1) is 0 Å². The zero-order valence-corrected chi connectivity index (χ0v) is 7.04. The molecule has 0 aliphatic carbocycles. The maximum atomic E-state index is 11.0. The Bertz CT molecular complexity index is 181. The second kappa shape index (κ2) is 3.62. The molecule has 0 aromatic carbocycles. The van der Waals surface area contributed by atoms with E-state index in [1.807, 2.05) is 6.08 Å². The van der Waals surface area contributed by atoms with Crippen molar-refractivity contribution in [3.8, 4) is 0 Å². The van der Waals surface area contributed by atoms with Crippen LogP contribution in [0.2, 0.25) is 0 Å². The largest absolute Gasteiger partial charge is 0.450 e. The molecule has 3 nitrogen and oxygen atoms in total. The van der Waals surface area contributed by atoms with E-state index in [2.05, 4.69) is 0 Å². The molecule has 0 saturated carbocycles. The Balaban J connectivity index is 2.42. The topological polar surface area (TPSA) is 29.5 Å². The molecule has 0 aromatic rings. The van der Waals surface area contributed by atoms with Gasteiger partial charge in [-0.2, -0.15) is 0 Å². The summed E-state index contributed by atoms with van der Waals surface area (Å²) in [6.45, 7) is 2.70. The zero-order chi connectivity index (χ0) is 8.27. The molecule has 0 fully saturated rings. The SMILES string of the molecule is CCOC(=O)N1CC=CC1Cl. The van der Waals surface area contributed by atoms with Crippen LogP contribution < -0.4 is 0 Å². The third-order valence-electron chi connectivity index (χ3n) is 1.40. The lowest BCUT2D eigenvalue weighted by Crippen LogP contribution is -2.33. The minimum absolute atomic E-state index is 0.339. The third kappa shape index (κ3) is 1.87. The number of halogens is 1. The van der Waals surface area contributed by atoms with E-state index in [-0.39, 0.29) is 11.6 Å². The van der Waals surface area contributed by atoms with Crippen molar-refractivity contribution in [3.63, 3.8) is 0 Å². The van der Waals surface area contributed by atoms with Crippen LogP contribution in [-0.4, -0.2) is 29.6 Å². The van der Waals surface area contributed by atoms with Crippen LogP contribution in [0, 0.1) is 0 Å². The predicted molar refractivity (Wildman–Crippen MR) is 42.5 cm³/mol. The maximum absolute atomic E-state index is 11.0. The van der Waals surface area contributed by atoms with Crippen LogP contribution in [0.3, 0.4) is 0 Å². The van der Waals surface area contributed by atoms with Crippen molar-refractivity contribution in [3.05, 3.63) is 12.2 Å². The van der Waals surface area contributed by atoms with Crippen molar-refractivity contribution in [2.24, 2.45) is 0 Å². The van der Waals surface area contributed by atoms with E-state index in [9.17, 15) is 4.79 Å². The highest BCUT2D eigenvalue weighted by Crippen LogP contribution is 2.14. The van der Waals surface area contributed by atoms with Crippen LogP contribution in [-0.2, 0) is 4.74 Å². The molecule has 1 aliphatic heterocycles. The van der Waals surface area contributed by atoms with Crippen LogP contribution in [0.15, 0.2) is 12.2 Å². The van der Waals surface area contributed by atoms with Crippen molar-refractivity contribution in [2.75, 3.05) is 13.2 Å². The van der Waals surface area contributed by atoms with E-state index in [1.54, 1.807) is 13.0 Å². The van der Waals surface area contributed by atoms with Gasteiger partial charge in [-0.3, -0.25) is 4.90 Å². The number of hydrogen-bond acceptors (Lipinski definition) is 2. The average molecular weight is 176 g/mol. The lowest BCUT2D eigenvalue weighted by atomic mass is 10.6. The second-order valence-electron chi connectivity index (χ2n) is 2.15. The Morgan fingerprint density at radius 2 is 2.64 bits per heavy atom. The smallest absolute Gasteiger partial charge is 0.411 e. The summed E-state index contributed by atoms with van der Waals surface area (Å²) in [6.07, 6.45) is 3.25. The summed E-state index contributed by atoms with van der Waals surface area (Å²) in [5, 5.41) is 0. The molecule has 1 atom stereocenters. The summed E-state index contributed by atoms with van der Waals surface area (Å²) in [5.74, 6) is 0. The molecular weight excluding hydrogens is 166 g/mol. The average Bonchev–Trinajstić information content (AvgIpc) is 2.36. The van der Waals surface area contributed by atoms with Crippen molar-refractivity contribution in [1.82, 2.24) is 4.90 Å². The fraction of sp³-hybridized carbons (Fsp3) is 0.571. The zero-order valence-electron chi connectivity index (χ0n) is 6.29. The number of alkyl halides is 1. The summed E-state index contributed by atoms with van der Waals surface area (Å²) in [4.78, 5) is 12.5. The number of ether oxygens (including phenoxy) is 1. The number of rotatable bonds is 1. The summed E-state index contributed by atoms with van der Waals surface area (Å²) in [5.41, 5.74) is -0.339. The molecule has 0 radical (unpaired) electrons. The van der Waals surface area contributed by atoms with Crippen LogP contribution in [0.4, 0.5) is 4.79 Å². The van der Waals surface area contributed by atoms with Gasteiger partial charge in [-0.25, -0.2) is 4.79 Å². The highest BCUT2D eigenvalue weighted by atomic mass is 35.5. The van der Waals surface area contributed by atoms with Crippen molar-refractivity contribution in [2.45, 2.75) is 12.4 Å². The lowest BCUT2D eigenvalue weighted by Gasteiger charge is -2.18. The molecule has 1 heterocycles. The van der Waals surface area contributed by atoms with E-state index >= 15 is 0 Å². The van der Waals surface area contributed by atoms with Gasteiger partial charge in [0, 0.05) is 6.54 Å². The Morgan fingerprint density at radius 3 is 3.09 bits per heavy atom. The first-order valence-corrected chi connectivity index (χ1v) is 3.93. The van der Waals surface area contributed by atoms with Gasteiger partial charge in [0.2, 0.25) is 0 Å². The first-order chi connectivity index (χ1) is 5.25. The monoisotopic (exact) mass is 175 g/mol. The molecule has 0 saturated heterocycles. The number of carbonyl (C=O) groups is 1. The molecule has 0 bridgehead atoms. The quantitative estimate of drug-likeness (QED) is 0.344. The van der Waals surface area contributed by atoms with E-state index in [4.69, 9.17) is 16.3 Å². The molecule has 1 rings (SSSR count). The molecule has 0 aromatic heterocycles. The van der Waals surface area contributed by atoms with E-state index < -0.39 is 0 Å². The van der Waals surface area contributed by atoms with Gasteiger partial charge in [-0.1, -0.05) is 17.7 Å². The molecule has 62 valence electrons. The first-order valence-electron chi connectivity index (χ1n) is 3.50. The van der Waals surface area contributed by atoms with E-state index in [1.165, 1.54) is 4.90 Å². The number of hydrogen-bond donors (Lipinski definition) is 0. The number of carbonyl (C=O) groups excluding carboxylic acids is 1. The summed E-state index contributed by atoms with van der Waals surface area (Å²) in [7, 11) is 0. The Kier molecular flexibility index (Phi) is 2.76. The van der Waals surface area contributed by atoms with Gasteiger partial charge in [0.15, 0.2) is 0 Å². The first kappa shape index (κ1) is 8.40. The second-order valence-corrected chi connectivity index (χ2v) is 2.60. The van der Waals surface area contributed by atoms with Gasteiger partial charge in [-0.05, 0) is 13.0 Å². The Hall–Kier alpha value is -0.700. The summed E-state index contributed by atoms with van der Waals surface area (Å²) < 4.78 is 4.76. The molecule has 0 spiro atoms. The van der Waals surface area contributed by atoms with Crippen LogP contribution in [0.5, 0.6) is 0 Å². The third-order valence-corrected chi connectivity index (χ3v) is 1.78. The van der Waals surface area contributed by atoms with Crippen molar-refractivity contribution >= 4 is 17.7 Å². The lowest BCUT2D eigenvalue weighted by molar-refractivity contribution is 0.114.